The van der Waals surface area contributed by atoms with E-state index in [1.165, 1.54) is 38.5 Å². The summed E-state index contributed by atoms with van der Waals surface area (Å²) in [6.45, 7) is 2.02. The molecule has 0 saturated heterocycles. The van der Waals surface area contributed by atoms with Crippen LogP contribution >= 0.6 is 0 Å². The first kappa shape index (κ1) is 13.0. The van der Waals surface area contributed by atoms with Crippen LogP contribution in [0.1, 0.15) is 58.3 Å². The molecule has 0 spiro atoms. The Balaban J connectivity index is 1.63. The fourth-order valence-corrected chi connectivity index (χ4v) is 5.35. The largest absolute Gasteiger partial charge is 0.342 e. The quantitative estimate of drug-likeness (QED) is 0.772. The zero-order valence-corrected chi connectivity index (χ0v) is 12.0. The maximum Gasteiger partial charge on any atom is 0.221 e. The lowest BCUT2D eigenvalue weighted by Gasteiger charge is -2.56. The molecule has 0 aromatic heterocycles. The number of hydrogen-bond donors (Lipinski definition) is 1. The number of amides is 1. The smallest absolute Gasteiger partial charge is 0.221 e. The molecule has 4 saturated carbocycles. The van der Waals surface area contributed by atoms with E-state index in [0.29, 0.717) is 11.8 Å². The Hall–Kier alpha value is -0.970. The Bertz CT molecular complexity index is 371. The van der Waals surface area contributed by atoms with Crippen molar-refractivity contribution in [1.82, 2.24) is 5.32 Å². The van der Waals surface area contributed by atoms with Crippen molar-refractivity contribution in [3.63, 3.8) is 0 Å². The zero-order valence-electron chi connectivity index (χ0n) is 12.0. The van der Waals surface area contributed by atoms with Crippen molar-refractivity contribution in [1.29, 1.82) is 0 Å². The van der Waals surface area contributed by atoms with Gasteiger partial charge in [-0.05, 0) is 68.1 Å². The first-order chi connectivity index (χ1) is 9.12. The number of carbonyl (C=O) groups excluding carboxylic acids is 1. The first-order valence-electron chi connectivity index (χ1n) is 7.88. The molecule has 4 rings (SSSR count). The minimum atomic E-state index is -0.0820. The Labute approximate surface area is 116 Å². The normalized spacial score (nSPS) is 40.7. The first-order valence-corrected chi connectivity index (χ1v) is 7.88. The predicted molar refractivity (Wildman–Crippen MR) is 76.3 cm³/mol. The molecule has 1 amide bonds. The molecule has 4 aliphatic rings. The van der Waals surface area contributed by atoms with Crippen LogP contribution in [0.15, 0.2) is 0 Å². The summed E-state index contributed by atoms with van der Waals surface area (Å²) in [7, 11) is 0. The number of nitrogens with one attached hydrogen (secondary N) is 1. The van der Waals surface area contributed by atoms with E-state index in [0.717, 1.165) is 24.2 Å². The standard InChI is InChI=1S/C17H25NO/c1-3-15(4-2)18-16(19)11-17-8-12-5-13(9-17)7-14(6-12)10-17/h1,12-15H,4-11H2,2H3,(H,18,19). The molecular weight excluding hydrogens is 234 g/mol. The van der Waals surface area contributed by atoms with Gasteiger partial charge in [0, 0.05) is 6.42 Å². The second kappa shape index (κ2) is 4.85. The Morgan fingerprint density at radius 3 is 2.21 bits per heavy atom. The van der Waals surface area contributed by atoms with Crippen LogP contribution < -0.4 is 5.32 Å². The number of rotatable bonds is 4. The van der Waals surface area contributed by atoms with Crippen molar-refractivity contribution in [2.75, 3.05) is 0 Å². The molecule has 0 aromatic rings. The van der Waals surface area contributed by atoms with Gasteiger partial charge in [0.2, 0.25) is 5.91 Å². The van der Waals surface area contributed by atoms with E-state index < -0.39 is 0 Å². The molecule has 1 unspecified atom stereocenters. The van der Waals surface area contributed by atoms with Gasteiger partial charge in [-0.25, -0.2) is 0 Å². The van der Waals surface area contributed by atoms with E-state index in [9.17, 15) is 4.79 Å². The van der Waals surface area contributed by atoms with E-state index in [1.54, 1.807) is 0 Å². The highest BCUT2D eigenvalue weighted by Crippen LogP contribution is 2.61. The maximum absolute atomic E-state index is 12.2. The third kappa shape index (κ3) is 2.53. The molecule has 0 aliphatic heterocycles. The summed E-state index contributed by atoms with van der Waals surface area (Å²) in [5.74, 6) is 5.58. The lowest BCUT2D eigenvalue weighted by Crippen LogP contribution is -2.48. The topological polar surface area (TPSA) is 29.1 Å². The molecule has 4 bridgehead atoms. The van der Waals surface area contributed by atoms with Crippen molar-refractivity contribution in [2.45, 2.75) is 64.3 Å². The molecule has 2 heteroatoms. The van der Waals surface area contributed by atoms with Crippen molar-refractivity contribution in [3.8, 4) is 12.3 Å². The fourth-order valence-electron chi connectivity index (χ4n) is 5.35. The van der Waals surface area contributed by atoms with Crippen LogP contribution in [0.3, 0.4) is 0 Å². The van der Waals surface area contributed by atoms with E-state index >= 15 is 0 Å². The minimum absolute atomic E-state index is 0.0820. The summed E-state index contributed by atoms with van der Waals surface area (Å²) in [6.07, 6.45) is 15.1. The van der Waals surface area contributed by atoms with Crippen LogP contribution in [-0.4, -0.2) is 11.9 Å². The van der Waals surface area contributed by atoms with Gasteiger partial charge in [0.05, 0.1) is 6.04 Å². The van der Waals surface area contributed by atoms with Crippen LogP contribution in [-0.2, 0) is 4.79 Å². The Kier molecular flexibility index (Phi) is 3.33. The van der Waals surface area contributed by atoms with Crippen LogP contribution in [0.2, 0.25) is 0 Å². The van der Waals surface area contributed by atoms with Crippen molar-refractivity contribution >= 4 is 5.91 Å². The number of hydrogen-bond acceptors (Lipinski definition) is 1. The average Bonchev–Trinajstić information content (AvgIpc) is 2.33. The van der Waals surface area contributed by atoms with Gasteiger partial charge in [-0.1, -0.05) is 12.8 Å². The highest BCUT2D eigenvalue weighted by atomic mass is 16.1. The van der Waals surface area contributed by atoms with Crippen molar-refractivity contribution in [3.05, 3.63) is 0 Å². The lowest BCUT2D eigenvalue weighted by atomic mass is 9.49. The molecular formula is C17H25NO. The highest BCUT2D eigenvalue weighted by Gasteiger charge is 2.51. The summed E-state index contributed by atoms with van der Waals surface area (Å²) in [4.78, 5) is 12.2. The second-order valence-corrected chi connectivity index (χ2v) is 7.29. The molecule has 0 aromatic carbocycles. The summed E-state index contributed by atoms with van der Waals surface area (Å²) in [6, 6.07) is -0.0820. The lowest BCUT2D eigenvalue weighted by molar-refractivity contribution is -0.129. The van der Waals surface area contributed by atoms with E-state index in [2.05, 4.69) is 11.2 Å². The van der Waals surface area contributed by atoms with Crippen LogP contribution in [0.5, 0.6) is 0 Å². The molecule has 0 heterocycles. The van der Waals surface area contributed by atoms with Gasteiger partial charge in [-0.15, -0.1) is 6.42 Å². The minimum Gasteiger partial charge on any atom is -0.342 e. The molecule has 104 valence electrons. The average molecular weight is 259 g/mol. The second-order valence-electron chi connectivity index (χ2n) is 7.29. The summed E-state index contributed by atoms with van der Waals surface area (Å²) >= 11 is 0. The van der Waals surface area contributed by atoms with Crippen LogP contribution in [0, 0.1) is 35.5 Å². The number of carbonyl (C=O) groups is 1. The summed E-state index contributed by atoms with van der Waals surface area (Å²) in [5.41, 5.74) is 0.325. The molecule has 1 N–H and O–H groups in total. The maximum atomic E-state index is 12.2. The SMILES string of the molecule is C#CC(CC)NC(=O)CC12CC3CC(CC(C3)C1)C2. The highest BCUT2D eigenvalue weighted by molar-refractivity contribution is 5.77. The molecule has 4 aliphatic carbocycles. The Morgan fingerprint density at radius 2 is 1.79 bits per heavy atom. The van der Waals surface area contributed by atoms with E-state index in [-0.39, 0.29) is 11.9 Å². The van der Waals surface area contributed by atoms with Crippen LogP contribution in [0.4, 0.5) is 0 Å². The molecule has 4 fully saturated rings. The molecule has 2 nitrogen and oxygen atoms in total. The molecule has 1 atom stereocenters. The van der Waals surface area contributed by atoms with Crippen LogP contribution in [0.25, 0.3) is 0 Å². The van der Waals surface area contributed by atoms with Crippen molar-refractivity contribution < 1.29 is 4.79 Å². The van der Waals surface area contributed by atoms with E-state index in [1.807, 2.05) is 6.92 Å². The van der Waals surface area contributed by atoms with Gasteiger partial charge in [0.1, 0.15) is 0 Å². The monoisotopic (exact) mass is 259 g/mol. The summed E-state index contributed by atoms with van der Waals surface area (Å²) < 4.78 is 0. The molecule has 0 radical (unpaired) electrons. The summed E-state index contributed by atoms with van der Waals surface area (Å²) in [5, 5.41) is 3.02. The third-order valence-corrected chi connectivity index (χ3v) is 5.65. The molecule has 19 heavy (non-hydrogen) atoms. The zero-order chi connectivity index (χ0) is 13.5. The van der Waals surface area contributed by atoms with Gasteiger partial charge in [-0.2, -0.15) is 0 Å². The van der Waals surface area contributed by atoms with Gasteiger partial charge in [-0.3, -0.25) is 4.79 Å². The van der Waals surface area contributed by atoms with Gasteiger partial charge in [0.25, 0.3) is 0 Å². The third-order valence-electron chi connectivity index (χ3n) is 5.65. The van der Waals surface area contributed by atoms with Gasteiger partial charge >= 0.3 is 0 Å². The predicted octanol–water partition coefficient (Wildman–Crippen LogP) is 3.12. The fraction of sp³-hybridized carbons (Fsp3) is 0.824. The Morgan fingerprint density at radius 1 is 1.26 bits per heavy atom. The van der Waals surface area contributed by atoms with Gasteiger partial charge in [0.15, 0.2) is 0 Å². The van der Waals surface area contributed by atoms with E-state index in [4.69, 9.17) is 6.42 Å². The number of terminal acetylenes is 1. The van der Waals surface area contributed by atoms with Gasteiger partial charge < -0.3 is 5.32 Å². The van der Waals surface area contributed by atoms with Crippen molar-refractivity contribution in [2.24, 2.45) is 23.2 Å².